The van der Waals surface area contributed by atoms with Crippen LogP contribution >= 0.6 is 23.5 Å². The molecule has 20 heavy (non-hydrogen) atoms. The second-order valence-electron chi connectivity index (χ2n) is 5.24. The number of carbonyl (C=O) groups is 2. The van der Waals surface area contributed by atoms with Gasteiger partial charge in [0.1, 0.15) is 11.4 Å². The number of hydrogen-bond acceptors (Lipinski definition) is 4. The Morgan fingerprint density at radius 1 is 1.55 bits per heavy atom. The van der Waals surface area contributed by atoms with E-state index in [1.54, 1.807) is 16.7 Å². The third-order valence-electron chi connectivity index (χ3n) is 3.43. The minimum absolute atomic E-state index is 0.138. The first-order chi connectivity index (χ1) is 9.35. The molecule has 2 aliphatic heterocycles. The fraction of sp³-hybridized carbons (Fsp3) is 0.571. The molecule has 1 fully saturated rings. The van der Waals surface area contributed by atoms with Crippen LogP contribution in [0.3, 0.4) is 0 Å². The van der Waals surface area contributed by atoms with Gasteiger partial charge in [-0.2, -0.15) is 0 Å². The van der Waals surface area contributed by atoms with Crippen molar-refractivity contribution in [3.63, 3.8) is 0 Å². The second-order valence-corrected chi connectivity index (χ2v) is 8.25. The number of allylic oxidation sites excluding steroid dienone is 1. The fourth-order valence-corrected chi connectivity index (χ4v) is 5.22. The van der Waals surface area contributed by atoms with Gasteiger partial charge in [0, 0.05) is 10.3 Å². The van der Waals surface area contributed by atoms with Gasteiger partial charge in [0.15, 0.2) is 0 Å². The summed E-state index contributed by atoms with van der Waals surface area (Å²) in [5.41, 5.74) is 0.950. The molecular formula is C14H19NO3S2. The number of rotatable bonds is 4. The van der Waals surface area contributed by atoms with E-state index in [0.717, 1.165) is 11.3 Å². The largest absolute Gasteiger partial charge is 0.480 e. The zero-order valence-electron chi connectivity index (χ0n) is 12.0. The molecule has 0 unspecified atom stereocenters. The van der Waals surface area contributed by atoms with Gasteiger partial charge in [-0.25, -0.2) is 4.79 Å². The number of carbonyl (C=O) groups excluding carboxylic acids is 1. The predicted octanol–water partition coefficient (Wildman–Crippen LogP) is 2.72. The third kappa shape index (κ3) is 2.29. The molecule has 0 spiro atoms. The first kappa shape index (κ1) is 15.5. The topological polar surface area (TPSA) is 57.6 Å². The van der Waals surface area contributed by atoms with Crippen LogP contribution in [-0.4, -0.2) is 43.8 Å². The highest BCUT2D eigenvalue weighted by Crippen LogP contribution is 2.52. The lowest BCUT2D eigenvalue weighted by Crippen LogP contribution is -2.48. The zero-order valence-corrected chi connectivity index (χ0v) is 13.7. The van der Waals surface area contributed by atoms with Gasteiger partial charge in [-0.3, -0.25) is 4.79 Å². The molecule has 2 aliphatic rings. The van der Waals surface area contributed by atoms with Crippen molar-refractivity contribution in [1.29, 1.82) is 0 Å². The van der Waals surface area contributed by atoms with E-state index in [1.165, 1.54) is 11.8 Å². The lowest BCUT2D eigenvalue weighted by atomic mass is 10.0. The van der Waals surface area contributed by atoms with Crippen molar-refractivity contribution in [3.05, 3.63) is 22.6 Å². The summed E-state index contributed by atoms with van der Waals surface area (Å²) in [7, 11) is 0. The van der Waals surface area contributed by atoms with Crippen molar-refractivity contribution < 1.29 is 14.7 Å². The zero-order chi connectivity index (χ0) is 15.1. The van der Waals surface area contributed by atoms with Crippen LogP contribution in [0.25, 0.3) is 0 Å². The van der Waals surface area contributed by atoms with E-state index in [0.29, 0.717) is 4.91 Å². The molecule has 0 aromatic heterocycles. The molecule has 1 saturated heterocycles. The van der Waals surface area contributed by atoms with Crippen LogP contribution in [0, 0.1) is 0 Å². The van der Waals surface area contributed by atoms with Crippen molar-refractivity contribution in [1.82, 2.24) is 4.90 Å². The van der Waals surface area contributed by atoms with Crippen molar-refractivity contribution in [2.45, 2.75) is 43.9 Å². The Labute approximate surface area is 127 Å². The van der Waals surface area contributed by atoms with Gasteiger partial charge < -0.3 is 10.0 Å². The quantitative estimate of drug-likeness (QED) is 0.865. The number of nitrogens with zero attached hydrogens (tertiary/aromatic N) is 1. The van der Waals surface area contributed by atoms with Gasteiger partial charge in [0.05, 0.1) is 4.91 Å². The molecule has 4 nitrogen and oxygen atoms in total. The molecule has 2 rings (SSSR count). The van der Waals surface area contributed by atoms with Gasteiger partial charge in [0.2, 0.25) is 0 Å². The summed E-state index contributed by atoms with van der Waals surface area (Å²) in [6.45, 7) is 7.69. The van der Waals surface area contributed by atoms with Gasteiger partial charge in [-0.1, -0.05) is 19.1 Å². The molecule has 0 bridgehead atoms. The average molecular weight is 313 g/mol. The van der Waals surface area contributed by atoms with E-state index in [-0.39, 0.29) is 11.3 Å². The van der Waals surface area contributed by atoms with Crippen LogP contribution < -0.4 is 0 Å². The van der Waals surface area contributed by atoms with Crippen LogP contribution in [0.4, 0.5) is 0 Å². The monoisotopic (exact) mass is 313 g/mol. The third-order valence-corrected chi connectivity index (χ3v) is 5.95. The van der Waals surface area contributed by atoms with Crippen molar-refractivity contribution >= 4 is 35.4 Å². The molecule has 0 saturated carbocycles. The SMILES string of the molecule is C/C=C/C1=C(SCC)C(=O)N2[C@@H]1SC(C)(C)[C@@H]2C(=O)O. The molecule has 1 N–H and O–H groups in total. The maximum absolute atomic E-state index is 12.6. The first-order valence-electron chi connectivity index (χ1n) is 6.58. The number of hydrogen-bond donors (Lipinski definition) is 1. The first-order valence-corrected chi connectivity index (χ1v) is 8.44. The average Bonchev–Trinajstić information content (AvgIpc) is 2.75. The highest BCUT2D eigenvalue weighted by atomic mass is 32.2. The Balaban J connectivity index is 2.48. The summed E-state index contributed by atoms with van der Waals surface area (Å²) in [5, 5.41) is 9.32. The van der Waals surface area contributed by atoms with Crippen LogP contribution in [-0.2, 0) is 9.59 Å². The van der Waals surface area contributed by atoms with E-state index in [4.69, 9.17) is 0 Å². The molecule has 1 amide bonds. The highest BCUT2D eigenvalue weighted by molar-refractivity contribution is 8.04. The summed E-state index contributed by atoms with van der Waals surface area (Å²) in [5.74, 6) is -0.268. The Morgan fingerprint density at radius 3 is 2.70 bits per heavy atom. The lowest BCUT2D eigenvalue weighted by Gasteiger charge is -2.26. The van der Waals surface area contributed by atoms with E-state index in [1.807, 2.05) is 39.8 Å². The predicted molar refractivity (Wildman–Crippen MR) is 83.7 cm³/mol. The Kier molecular flexibility index (Phi) is 4.25. The van der Waals surface area contributed by atoms with Gasteiger partial charge in [-0.15, -0.1) is 23.5 Å². The summed E-state index contributed by atoms with van der Waals surface area (Å²) in [6, 6.07) is -0.778. The van der Waals surface area contributed by atoms with Crippen LogP contribution in [0.5, 0.6) is 0 Å². The lowest BCUT2D eigenvalue weighted by molar-refractivity contribution is -0.148. The maximum atomic E-state index is 12.6. The Hall–Kier alpha value is -0.880. The van der Waals surface area contributed by atoms with E-state index >= 15 is 0 Å². The van der Waals surface area contributed by atoms with Crippen LogP contribution in [0.1, 0.15) is 27.7 Å². The highest BCUT2D eigenvalue weighted by Gasteiger charge is 2.57. The fourth-order valence-electron chi connectivity index (χ4n) is 2.71. The molecule has 6 heteroatoms. The molecule has 0 aliphatic carbocycles. The molecule has 0 radical (unpaired) electrons. The molecule has 2 heterocycles. The molecule has 0 aromatic rings. The summed E-state index contributed by atoms with van der Waals surface area (Å²) in [4.78, 5) is 26.4. The number of carboxylic acid groups (broad SMARTS) is 1. The van der Waals surface area contributed by atoms with Gasteiger partial charge in [0.25, 0.3) is 5.91 Å². The van der Waals surface area contributed by atoms with E-state index in [2.05, 4.69) is 0 Å². The van der Waals surface area contributed by atoms with Gasteiger partial charge >= 0.3 is 5.97 Å². The van der Waals surface area contributed by atoms with Crippen LogP contribution in [0.15, 0.2) is 22.6 Å². The Bertz CT molecular complexity index is 511. The van der Waals surface area contributed by atoms with E-state index < -0.39 is 16.8 Å². The number of fused-ring (bicyclic) bond motifs is 1. The van der Waals surface area contributed by atoms with Crippen molar-refractivity contribution in [3.8, 4) is 0 Å². The van der Waals surface area contributed by atoms with Crippen molar-refractivity contribution in [2.24, 2.45) is 0 Å². The smallest absolute Gasteiger partial charge is 0.327 e. The number of carboxylic acids is 1. The minimum atomic E-state index is -0.930. The minimum Gasteiger partial charge on any atom is -0.480 e. The maximum Gasteiger partial charge on any atom is 0.327 e. The number of thioether (sulfide) groups is 2. The Morgan fingerprint density at radius 2 is 2.20 bits per heavy atom. The molecular weight excluding hydrogens is 294 g/mol. The normalized spacial score (nSPS) is 28.6. The summed E-state index contributed by atoms with van der Waals surface area (Å²) in [6.07, 6.45) is 3.85. The molecule has 110 valence electrons. The molecule has 0 aromatic carbocycles. The van der Waals surface area contributed by atoms with E-state index in [9.17, 15) is 14.7 Å². The standard InChI is InChI=1S/C14H19NO3S2/c1-5-7-8-9(19-6-2)11(16)15-10(13(17)18)14(3,4)20-12(8)15/h5,7,10,12H,6H2,1-4H3,(H,17,18)/b7-5+/t10-,12+/m0/s1. The van der Waals surface area contributed by atoms with Gasteiger partial charge in [-0.05, 0) is 26.5 Å². The molecule has 2 atom stereocenters. The van der Waals surface area contributed by atoms with Crippen LogP contribution in [0.2, 0.25) is 0 Å². The number of aliphatic carboxylic acids is 1. The second kappa shape index (κ2) is 5.48. The number of amides is 1. The summed E-state index contributed by atoms with van der Waals surface area (Å²) >= 11 is 3.05. The van der Waals surface area contributed by atoms with Crippen molar-refractivity contribution in [2.75, 3.05) is 5.75 Å². The summed E-state index contributed by atoms with van der Waals surface area (Å²) < 4.78 is -0.485.